The van der Waals surface area contributed by atoms with E-state index in [2.05, 4.69) is 11.4 Å². The molecule has 0 spiro atoms. The first kappa shape index (κ1) is 12.7. The largest absolute Gasteiger partial charge is 0.385 e. The molecule has 1 aliphatic heterocycles. The first-order valence-electron chi connectivity index (χ1n) is 7.04. The van der Waals surface area contributed by atoms with Gasteiger partial charge in [0.05, 0.1) is 5.56 Å². The molecule has 2 aromatic carbocycles. The second kappa shape index (κ2) is 5.37. The van der Waals surface area contributed by atoms with E-state index in [1.165, 1.54) is 5.56 Å². The maximum Gasteiger partial charge on any atom is 0.260 e. The van der Waals surface area contributed by atoms with Crippen molar-refractivity contribution in [2.45, 2.75) is 13.3 Å². The minimum atomic E-state index is 0.0755. The third-order valence-corrected chi connectivity index (χ3v) is 3.66. The van der Waals surface area contributed by atoms with Crippen LogP contribution >= 0.6 is 0 Å². The summed E-state index contributed by atoms with van der Waals surface area (Å²) in [6.07, 6.45) is 0.936. The number of benzene rings is 2. The van der Waals surface area contributed by atoms with E-state index >= 15 is 0 Å². The maximum absolute atomic E-state index is 12.8. The zero-order valence-electron chi connectivity index (χ0n) is 11.6. The fourth-order valence-electron chi connectivity index (χ4n) is 2.71. The molecule has 0 saturated heterocycles. The summed E-state index contributed by atoms with van der Waals surface area (Å²) in [7, 11) is 0. The van der Waals surface area contributed by atoms with Crippen molar-refractivity contribution >= 4 is 17.3 Å². The molecule has 20 heavy (non-hydrogen) atoms. The van der Waals surface area contributed by atoms with Crippen LogP contribution in [0.5, 0.6) is 0 Å². The number of fused-ring (bicyclic) bond motifs is 1. The standard InChI is InChI=1S/C17H18N2O/c1-2-18-15-9-5-4-8-14(15)17(20)19-12-11-13-7-3-6-10-16(13)19/h3-10,18H,2,11-12H2,1H3. The molecule has 1 aliphatic rings. The number of nitrogens with one attached hydrogen (secondary N) is 1. The quantitative estimate of drug-likeness (QED) is 0.924. The summed E-state index contributed by atoms with van der Waals surface area (Å²) >= 11 is 0. The molecule has 0 aromatic heterocycles. The molecule has 3 heteroatoms. The van der Waals surface area contributed by atoms with Crippen LogP contribution in [0.3, 0.4) is 0 Å². The van der Waals surface area contributed by atoms with Gasteiger partial charge in [-0.15, -0.1) is 0 Å². The van der Waals surface area contributed by atoms with E-state index in [1.54, 1.807) is 0 Å². The second-order valence-corrected chi connectivity index (χ2v) is 4.91. The van der Waals surface area contributed by atoms with Gasteiger partial charge in [-0.2, -0.15) is 0 Å². The van der Waals surface area contributed by atoms with Gasteiger partial charge in [-0.1, -0.05) is 30.3 Å². The van der Waals surface area contributed by atoms with Gasteiger partial charge >= 0.3 is 0 Å². The van der Waals surface area contributed by atoms with Gasteiger partial charge in [0.15, 0.2) is 0 Å². The molecule has 0 bridgehead atoms. The Labute approximate surface area is 119 Å². The average molecular weight is 266 g/mol. The van der Waals surface area contributed by atoms with Gasteiger partial charge in [0.1, 0.15) is 0 Å². The number of anilines is 2. The normalized spacial score (nSPS) is 13.2. The molecule has 3 nitrogen and oxygen atoms in total. The number of rotatable bonds is 3. The van der Waals surface area contributed by atoms with Crippen molar-refractivity contribution in [3.63, 3.8) is 0 Å². The highest BCUT2D eigenvalue weighted by Crippen LogP contribution is 2.30. The first-order valence-corrected chi connectivity index (χ1v) is 7.04. The van der Waals surface area contributed by atoms with Crippen molar-refractivity contribution in [2.75, 3.05) is 23.3 Å². The molecule has 1 N–H and O–H groups in total. The Kier molecular flexibility index (Phi) is 3.42. The third kappa shape index (κ3) is 2.16. The summed E-state index contributed by atoms with van der Waals surface area (Å²) in [6, 6.07) is 15.8. The summed E-state index contributed by atoms with van der Waals surface area (Å²) in [5, 5.41) is 3.26. The molecular formula is C17H18N2O. The summed E-state index contributed by atoms with van der Waals surface area (Å²) in [5.74, 6) is 0.0755. The van der Waals surface area contributed by atoms with Gasteiger partial charge in [-0.3, -0.25) is 4.79 Å². The Morgan fingerprint density at radius 1 is 1.15 bits per heavy atom. The average Bonchev–Trinajstić information content (AvgIpc) is 2.91. The maximum atomic E-state index is 12.8. The fourth-order valence-corrected chi connectivity index (χ4v) is 2.71. The number of carbonyl (C=O) groups excluding carboxylic acids is 1. The van der Waals surface area contributed by atoms with Crippen LogP contribution in [0, 0.1) is 0 Å². The highest BCUT2D eigenvalue weighted by Gasteiger charge is 2.26. The fraction of sp³-hybridized carbons (Fsp3) is 0.235. The van der Waals surface area contributed by atoms with Crippen molar-refractivity contribution < 1.29 is 4.79 Å². The van der Waals surface area contributed by atoms with Gasteiger partial charge < -0.3 is 10.2 Å². The number of amides is 1. The molecule has 1 heterocycles. The van der Waals surface area contributed by atoms with Crippen LogP contribution in [0.15, 0.2) is 48.5 Å². The molecule has 102 valence electrons. The van der Waals surface area contributed by atoms with Crippen LogP contribution in [0.4, 0.5) is 11.4 Å². The zero-order valence-corrected chi connectivity index (χ0v) is 11.6. The van der Waals surface area contributed by atoms with Gasteiger partial charge in [-0.25, -0.2) is 0 Å². The molecule has 0 atom stereocenters. The van der Waals surface area contributed by atoms with Gasteiger partial charge in [0.2, 0.25) is 0 Å². The van der Waals surface area contributed by atoms with E-state index < -0.39 is 0 Å². The van der Waals surface area contributed by atoms with Gasteiger partial charge in [0, 0.05) is 24.5 Å². The molecule has 0 radical (unpaired) electrons. The predicted molar refractivity (Wildman–Crippen MR) is 82.4 cm³/mol. The van der Waals surface area contributed by atoms with E-state index in [1.807, 2.05) is 54.3 Å². The Bertz CT molecular complexity index is 636. The molecular weight excluding hydrogens is 248 g/mol. The summed E-state index contributed by atoms with van der Waals surface area (Å²) < 4.78 is 0. The summed E-state index contributed by atoms with van der Waals surface area (Å²) in [5.41, 5.74) is 3.95. The Morgan fingerprint density at radius 3 is 2.75 bits per heavy atom. The summed E-state index contributed by atoms with van der Waals surface area (Å²) in [4.78, 5) is 14.7. The van der Waals surface area contributed by atoms with Crippen LogP contribution in [-0.4, -0.2) is 19.0 Å². The van der Waals surface area contributed by atoms with Crippen molar-refractivity contribution in [2.24, 2.45) is 0 Å². The van der Waals surface area contributed by atoms with E-state index in [-0.39, 0.29) is 5.91 Å². The Morgan fingerprint density at radius 2 is 1.90 bits per heavy atom. The smallest absolute Gasteiger partial charge is 0.260 e. The zero-order chi connectivity index (χ0) is 13.9. The van der Waals surface area contributed by atoms with Crippen molar-refractivity contribution in [1.82, 2.24) is 0 Å². The number of carbonyl (C=O) groups is 1. The van der Waals surface area contributed by atoms with Crippen molar-refractivity contribution in [3.8, 4) is 0 Å². The minimum absolute atomic E-state index is 0.0755. The third-order valence-electron chi connectivity index (χ3n) is 3.66. The molecule has 0 unspecified atom stereocenters. The number of hydrogen-bond donors (Lipinski definition) is 1. The van der Waals surface area contributed by atoms with E-state index in [0.717, 1.165) is 36.4 Å². The topological polar surface area (TPSA) is 32.3 Å². The monoisotopic (exact) mass is 266 g/mol. The Hall–Kier alpha value is -2.29. The number of para-hydroxylation sites is 2. The lowest BCUT2D eigenvalue weighted by atomic mass is 10.1. The molecule has 0 aliphatic carbocycles. The first-order chi connectivity index (χ1) is 9.81. The molecule has 0 saturated carbocycles. The minimum Gasteiger partial charge on any atom is -0.385 e. The lowest BCUT2D eigenvalue weighted by molar-refractivity contribution is 0.0990. The lowest BCUT2D eigenvalue weighted by Gasteiger charge is -2.19. The molecule has 3 rings (SSSR count). The van der Waals surface area contributed by atoms with Crippen molar-refractivity contribution in [1.29, 1.82) is 0 Å². The summed E-state index contributed by atoms with van der Waals surface area (Å²) in [6.45, 7) is 3.60. The molecule has 0 fully saturated rings. The number of nitrogens with zero attached hydrogens (tertiary/aromatic N) is 1. The molecule has 2 aromatic rings. The van der Waals surface area contributed by atoms with E-state index in [9.17, 15) is 4.79 Å². The van der Waals surface area contributed by atoms with E-state index in [0.29, 0.717) is 0 Å². The molecule has 1 amide bonds. The van der Waals surface area contributed by atoms with Crippen LogP contribution in [-0.2, 0) is 6.42 Å². The highest BCUT2D eigenvalue weighted by atomic mass is 16.2. The van der Waals surface area contributed by atoms with Crippen LogP contribution < -0.4 is 10.2 Å². The second-order valence-electron chi connectivity index (χ2n) is 4.91. The van der Waals surface area contributed by atoms with Gasteiger partial charge in [-0.05, 0) is 37.1 Å². The number of hydrogen-bond acceptors (Lipinski definition) is 2. The lowest BCUT2D eigenvalue weighted by Crippen LogP contribution is -2.29. The van der Waals surface area contributed by atoms with Crippen molar-refractivity contribution in [3.05, 3.63) is 59.7 Å². The predicted octanol–water partition coefficient (Wildman–Crippen LogP) is 3.32. The van der Waals surface area contributed by atoms with Crippen LogP contribution in [0.2, 0.25) is 0 Å². The van der Waals surface area contributed by atoms with E-state index in [4.69, 9.17) is 0 Å². The van der Waals surface area contributed by atoms with Crippen LogP contribution in [0.25, 0.3) is 0 Å². The Balaban J connectivity index is 1.95. The van der Waals surface area contributed by atoms with Crippen LogP contribution in [0.1, 0.15) is 22.8 Å². The highest BCUT2D eigenvalue weighted by molar-refractivity contribution is 6.10. The SMILES string of the molecule is CCNc1ccccc1C(=O)N1CCc2ccccc21. The van der Waals surface area contributed by atoms with Gasteiger partial charge in [0.25, 0.3) is 5.91 Å².